The van der Waals surface area contributed by atoms with Crippen molar-refractivity contribution in [2.75, 3.05) is 14.1 Å². The van der Waals surface area contributed by atoms with Crippen LogP contribution >= 0.6 is 0 Å². The molecule has 1 heterocycles. The number of amides is 1. The Morgan fingerprint density at radius 3 is 2.56 bits per heavy atom. The molecule has 1 atom stereocenters. The van der Waals surface area contributed by atoms with Crippen LogP contribution in [0, 0.1) is 6.92 Å². The van der Waals surface area contributed by atoms with E-state index in [1.807, 2.05) is 0 Å². The zero-order valence-electron chi connectivity index (χ0n) is 11.0. The lowest BCUT2D eigenvalue weighted by molar-refractivity contribution is -0.130. The van der Waals surface area contributed by atoms with Gasteiger partial charge in [0, 0.05) is 19.7 Å². The number of nitrogens with one attached hydrogen (secondary N) is 1. The summed E-state index contributed by atoms with van der Waals surface area (Å²) in [5.41, 5.74) is 0.575. The second kappa shape index (κ2) is 5.68. The predicted molar refractivity (Wildman–Crippen MR) is 65.4 cm³/mol. The van der Waals surface area contributed by atoms with Crippen LogP contribution in [0.3, 0.4) is 0 Å². The molecule has 6 heteroatoms. The third kappa shape index (κ3) is 3.33. The number of likely N-dealkylation sites (N-methyl/N-ethyl adjacent to an activating group) is 1. The molecule has 0 aromatic carbocycles. The van der Waals surface area contributed by atoms with E-state index in [0.717, 1.165) is 0 Å². The summed E-state index contributed by atoms with van der Waals surface area (Å²) in [4.78, 5) is 23.9. The second-order valence-corrected chi connectivity index (χ2v) is 4.37. The maximum Gasteiger partial charge on any atom is 0.372 e. The van der Waals surface area contributed by atoms with Crippen LogP contribution in [-0.2, 0) is 11.3 Å². The summed E-state index contributed by atoms with van der Waals surface area (Å²) in [5.74, 6) is -0.686. The lowest BCUT2D eigenvalue weighted by Crippen LogP contribution is -2.41. The number of carbonyl (C=O) groups excluding carboxylic acids is 1. The van der Waals surface area contributed by atoms with Gasteiger partial charge in [-0.1, -0.05) is 0 Å². The molecule has 1 unspecified atom stereocenters. The van der Waals surface area contributed by atoms with Gasteiger partial charge in [0.1, 0.15) is 5.76 Å². The number of aromatic carboxylic acids is 1. The van der Waals surface area contributed by atoms with Crippen molar-refractivity contribution in [2.45, 2.75) is 26.4 Å². The maximum absolute atomic E-state index is 11.6. The number of carboxylic acid groups (broad SMARTS) is 1. The van der Waals surface area contributed by atoms with Gasteiger partial charge in [-0.05, 0) is 19.9 Å². The first-order valence-electron chi connectivity index (χ1n) is 5.60. The molecule has 2 N–H and O–H groups in total. The van der Waals surface area contributed by atoms with Crippen molar-refractivity contribution in [3.05, 3.63) is 23.2 Å². The van der Waals surface area contributed by atoms with Crippen LogP contribution in [0.1, 0.15) is 28.8 Å². The molecule has 0 aliphatic heterocycles. The van der Waals surface area contributed by atoms with Crippen LogP contribution < -0.4 is 5.32 Å². The Hall–Kier alpha value is -1.82. The molecule has 0 saturated heterocycles. The van der Waals surface area contributed by atoms with Gasteiger partial charge in [0.05, 0.1) is 12.6 Å². The first kappa shape index (κ1) is 14.2. The number of carboxylic acids is 1. The number of hydrogen-bond donors (Lipinski definition) is 2. The Balaban J connectivity index is 2.62. The monoisotopic (exact) mass is 254 g/mol. The summed E-state index contributed by atoms with van der Waals surface area (Å²) >= 11 is 0. The molecule has 0 aliphatic carbocycles. The van der Waals surface area contributed by atoms with Gasteiger partial charge < -0.3 is 14.4 Å². The SMILES string of the molecule is Cc1cc(CNC(C)C(=O)N(C)C)oc1C(=O)O. The molecule has 100 valence electrons. The molecular weight excluding hydrogens is 236 g/mol. The number of carbonyl (C=O) groups is 2. The lowest BCUT2D eigenvalue weighted by atomic mass is 10.2. The van der Waals surface area contributed by atoms with E-state index in [-0.39, 0.29) is 17.7 Å². The first-order valence-corrected chi connectivity index (χ1v) is 5.60. The Morgan fingerprint density at radius 2 is 2.11 bits per heavy atom. The van der Waals surface area contributed by atoms with Gasteiger partial charge in [0.2, 0.25) is 11.7 Å². The molecule has 0 spiro atoms. The summed E-state index contributed by atoms with van der Waals surface area (Å²) in [5, 5.41) is 11.8. The molecule has 1 amide bonds. The van der Waals surface area contributed by atoms with E-state index < -0.39 is 5.97 Å². The quantitative estimate of drug-likeness (QED) is 0.814. The zero-order valence-corrected chi connectivity index (χ0v) is 11.0. The summed E-state index contributed by atoms with van der Waals surface area (Å²) in [6.07, 6.45) is 0. The van der Waals surface area contributed by atoms with Gasteiger partial charge in [-0.25, -0.2) is 4.79 Å². The van der Waals surface area contributed by atoms with Crippen LogP contribution in [0.25, 0.3) is 0 Å². The molecule has 0 aliphatic rings. The largest absolute Gasteiger partial charge is 0.475 e. The van der Waals surface area contributed by atoms with Crippen LogP contribution in [0.2, 0.25) is 0 Å². The topological polar surface area (TPSA) is 82.8 Å². The van der Waals surface area contributed by atoms with Crippen molar-refractivity contribution >= 4 is 11.9 Å². The van der Waals surface area contributed by atoms with Crippen LogP contribution in [0.15, 0.2) is 10.5 Å². The summed E-state index contributed by atoms with van der Waals surface area (Å²) in [6.45, 7) is 3.73. The number of nitrogens with zero attached hydrogens (tertiary/aromatic N) is 1. The molecule has 18 heavy (non-hydrogen) atoms. The Labute approximate surface area is 106 Å². The van der Waals surface area contributed by atoms with E-state index in [1.54, 1.807) is 34.0 Å². The van der Waals surface area contributed by atoms with Crippen molar-refractivity contribution in [1.29, 1.82) is 0 Å². The first-order chi connectivity index (χ1) is 8.32. The minimum absolute atomic E-state index is 0.0447. The van der Waals surface area contributed by atoms with Gasteiger partial charge in [-0.3, -0.25) is 10.1 Å². The van der Waals surface area contributed by atoms with Crippen molar-refractivity contribution in [3.63, 3.8) is 0 Å². The summed E-state index contributed by atoms with van der Waals surface area (Å²) in [7, 11) is 3.36. The van der Waals surface area contributed by atoms with Crippen LogP contribution in [-0.4, -0.2) is 42.0 Å². The number of rotatable bonds is 5. The summed E-state index contributed by atoms with van der Waals surface area (Å²) < 4.78 is 5.18. The molecule has 0 saturated carbocycles. The highest BCUT2D eigenvalue weighted by Crippen LogP contribution is 2.14. The number of aryl methyl sites for hydroxylation is 1. The highest BCUT2D eigenvalue weighted by atomic mass is 16.4. The fraction of sp³-hybridized carbons (Fsp3) is 0.500. The van der Waals surface area contributed by atoms with Crippen molar-refractivity contribution in [2.24, 2.45) is 0 Å². The molecule has 0 bridgehead atoms. The fourth-order valence-electron chi connectivity index (χ4n) is 1.58. The normalized spacial score (nSPS) is 12.2. The van der Waals surface area contributed by atoms with Crippen molar-refractivity contribution < 1.29 is 19.1 Å². The molecule has 0 fully saturated rings. The van der Waals surface area contributed by atoms with E-state index >= 15 is 0 Å². The highest BCUT2D eigenvalue weighted by Gasteiger charge is 2.17. The predicted octanol–water partition coefficient (Wildman–Crippen LogP) is 0.853. The third-order valence-electron chi connectivity index (χ3n) is 2.56. The van der Waals surface area contributed by atoms with Gasteiger partial charge >= 0.3 is 5.97 Å². The zero-order chi connectivity index (χ0) is 13.9. The minimum Gasteiger partial charge on any atom is -0.475 e. The molecule has 0 radical (unpaired) electrons. The second-order valence-electron chi connectivity index (χ2n) is 4.37. The molecule has 1 aromatic heterocycles. The van der Waals surface area contributed by atoms with Gasteiger partial charge in [-0.2, -0.15) is 0 Å². The van der Waals surface area contributed by atoms with Crippen molar-refractivity contribution in [3.8, 4) is 0 Å². The molecule has 1 rings (SSSR count). The Bertz CT molecular complexity index is 451. The van der Waals surface area contributed by atoms with E-state index in [9.17, 15) is 9.59 Å². The average Bonchev–Trinajstić information content (AvgIpc) is 2.66. The minimum atomic E-state index is -1.09. The summed E-state index contributed by atoms with van der Waals surface area (Å²) in [6, 6.07) is 1.31. The van der Waals surface area contributed by atoms with Gasteiger partial charge in [-0.15, -0.1) is 0 Å². The molecule has 1 aromatic rings. The Kier molecular flexibility index (Phi) is 4.49. The van der Waals surface area contributed by atoms with Gasteiger partial charge in [0.25, 0.3) is 0 Å². The van der Waals surface area contributed by atoms with Crippen molar-refractivity contribution in [1.82, 2.24) is 10.2 Å². The Morgan fingerprint density at radius 1 is 1.50 bits per heavy atom. The maximum atomic E-state index is 11.6. The number of furan rings is 1. The standard InChI is InChI=1S/C12H18N2O4/c1-7-5-9(18-10(7)12(16)17)6-13-8(2)11(15)14(3)4/h5,8,13H,6H2,1-4H3,(H,16,17). The number of hydrogen-bond acceptors (Lipinski definition) is 4. The van der Waals surface area contributed by atoms with Gasteiger partial charge in [0.15, 0.2) is 0 Å². The smallest absolute Gasteiger partial charge is 0.372 e. The third-order valence-corrected chi connectivity index (χ3v) is 2.56. The van der Waals surface area contributed by atoms with E-state index in [0.29, 0.717) is 17.9 Å². The lowest BCUT2D eigenvalue weighted by Gasteiger charge is -2.17. The van der Waals surface area contributed by atoms with E-state index in [2.05, 4.69) is 5.32 Å². The average molecular weight is 254 g/mol. The van der Waals surface area contributed by atoms with Crippen LogP contribution in [0.5, 0.6) is 0 Å². The van der Waals surface area contributed by atoms with E-state index in [4.69, 9.17) is 9.52 Å². The highest BCUT2D eigenvalue weighted by molar-refractivity contribution is 5.86. The van der Waals surface area contributed by atoms with E-state index in [1.165, 1.54) is 4.90 Å². The fourth-order valence-corrected chi connectivity index (χ4v) is 1.58. The van der Waals surface area contributed by atoms with Crippen LogP contribution in [0.4, 0.5) is 0 Å². The molecule has 6 nitrogen and oxygen atoms in total. The molecular formula is C12H18N2O4.